The highest BCUT2D eigenvalue weighted by Crippen LogP contribution is 2.13. The fourth-order valence-electron chi connectivity index (χ4n) is 2.74. The Balaban J connectivity index is 1.78. The minimum Gasteiger partial charge on any atom is -0.445 e. The van der Waals surface area contributed by atoms with Gasteiger partial charge in [-0.1, -0.05) is 68.4 Å². The van der Waals surface area contributed by atoms with Crippen LogP contribution in [0.1, 0.15) is 43.9 Å². The number of nitrogens with one attached hydrogen (secondary N) is 1. The van der Waals surface area contributed by atoms with Gasteiger partial charge in [-0.25, -0.2) is 4.79 Å². The molecule has 0 bridgehead atoms. The summed E-state index contributed by atoms with van der Waals surface area (Å²) in [6, 6.07) is 18.4. The predicted octanol–water partition coefficient (Wildman–Crippen LogP) is 5.13. The van der Waals surface area contributed by atoms with Crippen molar-refractivity contribution in [3.8, 4) is 0 Å². The molecular formula is C22H29NO2. The van der Waals surface area contributed by atoms with E-state index in [1.807, 2.05) is 37.3 Å². The van der Waals surface area contributed by atoms with Crippen LogP contribution in [-0.4, -0.2) is 12.1 Å². The number of hydrogen-bond acceptors (Lipinski definition) is 2. The first-order valence-corrected chi connectivity index (χ1v) is 9.08. The number of rotatable bonds is 8. The monoisotopic (exact) mass is 339 g/mol. The number of alkyl carbamates (subject to hydrolysis) is 1. The van der Waals surface area contributed by atoms with E-state index in [2.05, 4.69) is 43.4 Å². The van der Waals surface area contributed by atoms with E-state index in [1.165, 1.54) is 17.5 Å². The van der Waals surface area contributed by atoms with E-state index < -0.39 is 0 Å². The van der Waals surface area contributed by atoms with Crippen LogP contribution in [0, 0.1) is 5.92 Å². The van der Waals surface area contributed by atoms with E-state index in [0.29, 0.717) is 12.5 Å². The van der Waals surface area contributed by atoms with E-state index >= 15 is 0 Å². The van der Waals surface area contributed by atoms with Gasteiger partial charge < -0.3 is 10.1 Å². The number of benzene rings is 2. The Hall–Kier alpha value is -2.29. The number of hydrogen-bond donors (Lipinski definition) is 1. The summed E-state index contributed by atoms with van der Waals surface area (Å²) < 4.78 is 5.28. The maximum absolute atomic E-state index is 11.9. The van der Waals surface area contributed by atoms with Crippen molar-refractivity contribution in [2.45, 2.75) is 52.7 Å². The SMILES string of the molecule is CC(C)CCc1cccc(C[C@H](C)NC(=O)OCc2ccccc2)c1. The van der Waals surface area contributed by atoms with Crippen LogP contribution < -0.4 is 5.32 Å². The fourth-order valence-corrected chi connectivity index (χ4v) is 2.74. The number of carbonyl (C=O) groups is 1. The van der Waals surface area contributed by atoms with E-state index in [4.69, 9.17) is 4.74 Å². The van der Waals surface area contributed by atoms with Gasteiger partial charge >= 0.3 is 6.09 Å². The van der Waals surface area contributed by atoms with Gasteiger partial charge in [0, 0.05) is 6.04 Å². The van der Waals surface area contributed by atoms with E-state index in [1.54, 1.807) is 0 Å². The van der Waals surface area contributed by atoms with Gasteiger partial charge in [0.15, 0.2) is 0 Å². The zero-order valence-electron chi connectivity index (χ0n) is 15.5. The molecule has 3 nitrogen and oxygen atoms in total. The third kappa shape index (κ3) is 7.42. The number of ether oxygens (including phenoxy) is 1. The van der Waals surface area contributed by atoms with E-state index in [-0.39, 0.29) is 12.1 Å². The Labute approximate surface area is 151 Å². The predicted molar refractivity (Wildman–Crippen MR) is 103 cm³/mol. The number of amides is 1. The molecular weight excluding hydrogens is 310 g/mol. The molecule has 0 aliphatic carbocycles. The highest BCUT2D eigenvalue weighted by molar-refractivity contribution is 5.67. The molecule has 1 amide bonds. The first kappa shape index (κ1) is 19.0. The second-order valence-electron chi connectivity index (χ2n) is 7.06. The summed E-state index contributed by atoms with van der Waals surface area (Å²) in [7, 11) is 0. The van der Waals surface area contributed by atoms with Gasteiger partial charge in [-0.05, 0) is 48.8 Å². The molecule has 2 aromatic rings. The highest BCUT2D eigenvalue weighted by Gasteiger charge is 2.10. The molecule has 2 rings (SSSR count). The van der Waals surface area contributed by atoms with Crippen molar-refractivity contribution in [1.29, 1.82) is 0 Å². The van der Waals surface area contributed by atoms with Gasteiger partial charge in [-0.2, -0.15) is 0 Å². The molecule has 3 heteroatoms. The smallest absolute Gasteiger partial charge is 0.407 e. The molecule has 2 aromatic carbocycles. The normalized spacial score (nSPS) is 12.0. The summed E-state index contributed by atoms with van der Waals surface area (Å²) in [4.78, 5) is 11.9. The summed E-state index contributed by atoms with van der Waals surface area (Å²) in [6.45, 7) is 6.79. The van der Waals surface area contributed by atoms with Crippen molar-refractivity contribution in [2.75, 3.05) is 0 Å². The van der Waals surface area contributed by atoms with Crippen LogP contribution >= 0.6 is 0 Å². The summed E-state index contributed by atoms with van der Waals surface area (Å²) >= 11 is 0. The zero-order valence-corrected chi connectivity index (χ0v) is 15.5. The van der Waals surface area contributed by atoms with Gasteiger partial charge in [0.05, 0.1) is 0 Å². The molecule has 0 unspecified atom stereocenters. The third-order valence-corrected chi connectivity index (χ3v) is 4.12. The van der Waals surface area contributed by atoms with Crippen LogP contribution in [0.15, 0.2) is 54.6 Å². The first-order chi connectivity index (χ1) is 12.0. The van der Waals surface area contributed by atoms with Crippen molar-refractivity contribution in [3.63, 3.8) is 0 Å². The second kappa shape index (κ2) is 9.87. The Morgan fingerprint density at radius 2 is 1.64 bits per heavy atom. The largest absolute Gasteiger partial charge is 0.445 e. The lowest BCUT2D eigenvalue weighted by molar-refractivity contribution is 0.136. The molecule has 0 saturated heterocycles. The van der Waals surface area contributed by atoms with Crippen LogP contribution in [0.5, 0.6) is 0 Å². The maximum atomic E-state index is 11.9. The molecule has 134 valence electrons. The molecule has 0 aromatic heterocycles. The Morgan fingerprint density at radius 1 is 0.960 bits per heavy atom. The minimum atomic E-state index is -0.368. The van der Waals surface area contributed by atoms with Gasteiger partial charge in [0.25, 0.3) is 0 Å². The topological polar surface area (TPSA) is 38.3 Å². The number of carbonyl (C=O) groups excluding carboxylic acids is 1. The van der Waals surface area contributed by atoms with Crippen molar-refractivity contribution < 1.29 is 9.53 Å². The van der Waals surface area contributed by atoms with E-state index in [0.717, 1.165) is 18.4 Å². The van der Waals surface area contributed by atoms with Gasteiger partial charge in [0.2, 0.25) is 0 Å². The Morgan fingerprint density at radius 3 is 2.36 bits per heavy atom. The Kier molecular flexibility index (Phi) is 7.52. The molecule has 0 spiro atoms. The standard InChI is InChI=1S/C22H29NO2/c1-17(2)12-13-19-10-7-11-21(15-19)14-18(3)23-22(24)25-16-20-8-5-4-6-9-20/h4-11,15,17-18H,12-14,16H2,1-3H3,(H,23,24)/t18-/m0/s1. The average Bonchev–Trinajstić information content (AvgIpc) is 2.59. The molecule has 0 radical (unpaired) electrons. The summed E-state index contributed by atoms with van der Waals surface area (Å²) in [6.07, 6.45) is 2.73. The molecule has 0 saturated carbocycles. The fraction of sp³-hybridized carbons (Fsp3) is 0.409. The van der Waals surface area contributed by atoms with Crippen molar-refractivity contribution >= 4 is 6.09 Å². The van der Waals surface area contributed by atoms with Gasteiger partial charge in [-0.15, -0.1) is 0 Å². The van der Waals surface area contributed by atoms with Crippen LogP contribution in [0.3, 0.4) is 0 Å². The molecule has 0 heterocycles. The number of aryl methyl sites for hydroxylation is 1. The maximum Gasteiger partial charge on any atom is 0.407 e. The van der Waals surface area contributed by atoms with Gasteiger partial charge in [-0.3, -0.25) is 0 Å². The highest BCUT2D eigenvalue weighted by atomic mass is 16.5. The quantitative estimate of drug-likeness (QED) is 0.724. The summed E-state index contributed by atoms with van der Waals surface area (Å²) in [5.41, 5.74) is 3.60. The van der Waals surface area contributed by atoms with Gasteiger partial charge in [0.1, 0.15) is 6.61 Å². The van der Waals surface area contributed by atoms with Crippen LogP contribution in [-0.2, 0) is 24.2 Å². The molecule has 0 fully saturated rings. The third-order valence-electron chi connectivity index (χ3n) is 4.12. The van der Waals surface area contributed by atoms with Crippen LogP contribution in [0.4, 0.5) is 4.79 Å². The molecule has 1 atom stereocenters. The molecule has 25 heavy (non-hydrogen) atoms. The first-order valence-electron chi connectivity index (χ1n) is 9.08. The van der Waals surface area contributed by atoms with Crippen molar-refractivity contribution in [1.82, 2.24) is 5.32 Å². The van der Waals surface area contributed by atoms with Crippen LogP contribution in [0.25, 0.3) is 0 Å². The zero-order chi connectivity index (χ0) is 18.1. The lowest BCUT2D eigenvalue weighted by Crippen LogP contribution is -2.34. The summed E-state index contributed by atoms with van der Waals surface area (Å²) in [5, 5.41) is 2.91. The summed E-state index contributed by atoms with van der Waals surface area (Å²) in [5.74, 6) is 0.712. The van der Waals surface area contributed by atoms with Crippen molar-refractivity contribution in [3.05, 3.63) is 71.3 Å². The lowest BCUT2D eigenvalue weighted by Gasteiger charge is -2.15. The molecule has 0 aliphatic rings. The lowest BCUT2D eigenvalue weighted by atomic mass is 9.99. The minimum absolute atomic E-state index is 0.0311. The van der Waals surface area contributed by atoms with Crippen LogP contribution in [0.2, 0.25) is 0 Å². The Bertz CT molecular complexity index is 652. The molecule has 0 aliphatic heterocycles. The van der Waals surface area contributed by atoms with E-state index in [9.17, 15) is 4.79 Å². The average molecular weight is 339 g/mol. The van der Waals surface area contributed by atoms with Crippen molar-refractivity contribution in [2.24, 2.45) is 5.92 Å². The molecule has 1 N–H and O–H groups in total. The second-order valence-corrected chi connectivity index (χ2v) is 7.06.